The van der Waals surface area contributed by atoms with E-state index in [0.29, 0.717) is 5.06 Å². The summed E-state index contributed by atoms with van der Waals surface area (Å²) in [6, 6.07) is 16.3. The highest BCUT2D eigenvalue weighted by molar-refractivity contribution is 5.71. The summed E-state index contributed by atoms with van der Waals surface area (Å²) in [5.41, 5.74) is 8.06. The van der Waals surface area contributed by atoms with Crippen LogP contribution in [-0.2, 0) is 0 Å². The summed E-state index contributed by atoms with van der Waals surface area (Å²) in [7, 11) is 0. The lowest BCUT2D eigenvalue weighted by Gasteiger charge is -2.20. The molecule has 0 aromatic heterocycles. The van der Waals surface area contributed by atoms with Gasteiger partial charge in [0, 0.05) is 0 Å². The number of hydroxylamine groups is 2. The largest absolute Gasteiger partial charge is 0.350 e. The van der Waals surface area contributed by atoms with Crippen LogP contribution in [0.5, 0.6) is 0 Å². The Bertz CT molecular complexity index is 552. The molecule has 2 amide bonds. The van der Waals surface area contributed by atoms with Crippen molar-refractivity contribution < 1.29 is 10.0 Å². The van der Waals surface area contributed by atoms with E-state index < -0.39 is 12.1 Å². The van der Waals surface area contributed by atoms with E-state index in [4.69, 9.17) is 5.73 Å². The van der Waals surface area contributed by atoms with Crippen molar-refractivity contribution in [1.29, 1.82) is 0 Å². The standard InChI is InChI=1S/C15H16N2O2/c1-11(17(19)15(16)18)12-7-9-14(10-8-12)13-5-3-2-4-6-13/h2-11,19H,1H3,(H2,16,18). The van der Waals surface area contributed by atoms with Crippen LogP contribution in [0.15, 0.2) is 54.6 Å². The topological polar surface area (TPSA) is 66.6 Å². The molecule has 1 atom stereocenters. The van der Waals surface area contributed by atoms with E-state index in [1.54, 1.807) is 6.92 Å². The Labute approximate surface area is 112 Å². The molecule has 0 fully saturated rings. The number of urea groups is 1. The van der Waals surface area contributed by atoms with E-state index in [0.717, 1.165) is 16.7 Å². The average Bonchev–Trinajstić information content (AvgIpc) is 2.46. The normalized spacial score (nSPS) is 11.9. The maximum absolute atomic E-state index is 10.9. The predicted molar refractivity (Wildman–Crippen MR) is 73.5 cm³/mol. The lowest BCUT2D eigenvalue weighted by atomic mass is 10.0. The summed E-state index contributed by atoms with van der Waals surface area (Å²) in [6.07, 6.45) is 0. The van der Waals surface area contributed by atoms with Gasteiger partial charge in [0.2, 0.25) is 0 Å². The molecular formula is C15H16N2O2. The van der Waals surface area contributed by atoms with Gasteiger partial charge in [-0.1, -0.05) is 54.6 Å². The van der Waals surface area contributed by atoms with Crippen molar-refractivity contribution in [2.24, 2.45) is 5.73 Å². The molecule has 4 nitrogen and oxygen atoms in total. The first-order chi connectivity index (χ1) is 9.09. The zero-order valence-electron chi connectivity index (χ0n) is 10.7. The molecule has 0 radical (unpaired) electrons. The van der Waals surface area contributed by atoms with Crippen LogP contribution in [-0.4, -0.2) is 16.3 Å². The second kappa shape index (κ2) is 5.54. The number of carbonyl (C=O) groups excluding carboxylic acids is 1. The van der Waals surface area contributed by atoms with Crippen LogP contribution in [0, 0.1) is 0 Å². The first-order valence-electron chi connectivity index (χ1n) is 6.02. The summed E-state index contributed by atoms with van der Waals surface area (Å²) in [4.78, 5) is 10.9. The lowest BCUT2D eigenvalue weighted by Crippen LogP contribution is -2.34. The summed E-state index contributed by atoms with van der Waals surface area (Å²) < 4.78 is 0. The fraction of sp³-hybridized carbons (Fsp3) is 0.133. The quantitative estimate of drug-likeness (QED) is 0.654. The number of nitrogens with zero attached hydrogens (tertiary/aromatic N) is 1. The van der Waals surface area contributed by atoms with Gasteiger partial charge < -0.3 is 5.73 Å². The van der Waals surface area contributed by atoms with Crippen molar-refractivity contribution in [3.05, 3.63) is 60.2 Å². The number of hydrogen-bond acceptors (Lipinski definition) is 2. The van der Waals surface area contributed by atoms with Crippen LogP contribution in [0.3, 0.4) is 0 Å². The van der Waals surface area contributed by atoms with Crippen LogP contribution >= 0.6 is 0 Å². The van der Waals surface area contributed by atoms with E-state index in [1.807, 2.05) is 54.6 Å². The maximum Gasteiger partial charge on any atom is 0.339 e. The number of amides is 2. The molecule has 0 saturated heterocycles. The number of rotatable bonds is 3. The third-order valence-electron chi connectivity index (χ3n) is 3.09. The molecule has 2 aromatic carbocycles. The molecule has 2 rings (SSSR count). The van der Waals surface area contributed by atoms with Gasteiger partial charge in [0.25, 0.3) is 0 Å². The fourth-order valence-corrected chi connectivity index (χ4v) is 1.92. The Morgan fingerprint density at radius 1 is 1.05 bits per heavy atom. The van der Waals surface area contributed by atoms with E-state index >= 15 is 0 Å². The van der Waals surface area contributed by atoms with Crippen LogP contribution in [0.1, 0.15) is 18.5 Å². The lowest BCUT2D eigenvalue weighted by molar-refractivity contribution is -0.0709. The van der Waals surface area contributed by atoms with Gasteiger partial charge in [0.05, 0.1) is 6.04 Å². The van der Waals surface area contributed by atoms with Gasteiger partial charge in [-0.15, -0.1) is 0 Å². The number of benzene rings is 2. The molecular weight excluding hydrogens is 240 g/mol. The molecule has 19 heavy (non-hydrogen) atoms. The Kier molecular flexibility index (Phi) is 3.82. The summed E-state index contributed by atoms with van der Waals surface area (Å²) in [5, 5.41) is 10.0. The zero-order chi connectivity index (χ0) is 13.8. The number of nitrogens with two attached hydrogens (primary N) is 1. The third kappa shape index (κ3) is 2.92. The van der Waals surface area contributed by atoms with Crippen molar-refractivity contribution in [2.45, 2.75) is 13.0 Å². The minimum Gasteiger partial charge on any atom is -0.350 e. The fourth-order valence-electron chi connectivity index (χ4n) is 1.92. The number of primary amides is 1. The SMILES string of the molecule is CC(c1ccc(-c2ccccc2)cc1)N(O)C(N)=O. The van der Waals surface area contributed by atoms with Crippen molar-refractivity contribution in [3.8, 4) is 11.1 Å². The molecule has 1 unspecified atom stereocenters. The van der Waals surface area contributed by atoms with E-state index in [9.17, 15) is 10.0 Å². The maximum atomic E-state index is 10.9. The third-order valence-corrected chi connectivity index (χ3v) is 3.09. The van der Waals surface area contributed by atoms with Crippen LogP contribution < -0.4 is 5.73 Å². The molecule has 0 saturated carbocycles. The highest BCUT2D eigenvalue weighted by Gasteiger charge is 2.16. The van der Waals surface area contributed by atoms with Gasteiger partial charge in [-0.3, -0.25) is 5.21 Å². The average molecular weight is 256 g/mol. The Morgan fingerprint density at radius 3 is 2.11 bits per heavy atom. The minimum atomic E-state index is -0.861. The summed E-state index contributed by atoms with van der Waals surface area (Å²) in [5.74, 6) is 0. The van der Waals surface area contributed by atoms with Gasteiger partial charge in [0.1, 0.15) is 0 Å². The van der Waals surface area contributed by atoms with Crippen LogP contribution in [0.25, 0.3) is 11.1 Å². The molecule has 0 spiro atoms. The molecule has 0 aliphatic rings. The molecule has 0 aliphatic carbocycles. The van der Waals surface area contributed by atoms with Crippen molar-refractivity contribution in [1.82, 2.24) is 5.06 Å². The number of carbonyl (C=O) groups is 1. The van der Waals surface area contributed by atoms with Gasteiger partial charge in [-0.25, -0.2) is 4.79 Å². The van der Waals surface area contributed by atoms with E-state index in [-0.39, 0.29) is 0 Å². The van der Waals surface area contributed by atoms with Crippen LogP contribution in [0.4, 0.5) is 4.79 Å². The summed E-state index contributed by atoms with van der Waals surface area (Å²) >= 11 is 0. The first kappa shape index (κ1) is 13.1. The first-order valence-corrected chi connectivity index (χ1v) is 6.02. The minimum absolute atomic E-state index is 0.470. The van der Waals surface area contributed by atoms with E-state index in [1.165, 1.54) is 0 Å². The van der Waals surface area contributed by atoms with Gasteiger partial charge >= 0.3 is 6.03 Å². The highest BCUT2D eigenvalue weighted by Crippen LogP contribution is 2.23. The monoisotopic (exact) mass is 256 g/mol. The van der Waals surface area contributed by atoms with Crippen molar-refractivity contribution >= 4 is 6.03 Å². The van der Waals surface area contributed by atoms with Gasteiger partial charge in [0.15, 0.2) is 0 Å². The molecule has 0 aliphatic heterocycles. The highest BCUT2D eigenvalue weighted by atomic mass is 16.5. The van der Waals surface area contributed by atoms with Gasteiger partial charge in [-0.2, -0.15) is 5.06 Å². The Morgan fingerprint density at radius 2 is 1.58 bits per heavy atom. The predicted octanol–water partition coefficient (Wildman–Crippen LogP) is 3.18. The van der Waals surface area contributed by atoms with Crippen molar-refractivity contribution in [2.75, 3.05) is 0 Å². The molecule has 4 heteroatoms. The van der Waals surface area contributed by atoms with Crippen molar-refractivity contribution in [3.63, 3.8) is 0 Å². The smallest absolute Gasteiger partial charge is 0.339 e. The Hall–Kier alpha value is -2.33. The molecule has 98 valence electrons. The number of hydrogen-bond donors (Lipinski definition) is 2. The molecule has 0 heterocycles. The summed E-state index contributed by atoms with van der Waals surface area (Å²) in [6.45, 7) is 1.71. The molecule has 2 aromatic rings. The van der Waals surface area contributed by atoms with E-state index in [2.05, 4.69) is 0 Å². The van der Waals surface area contributed by atoms with Crippen LogP contribution in [0.2, 0.25) is 0 Å². The second-order valence-corrected chi connectivity index (χ2v) is 4.35. The Balaban J connectivity index is 2.22. The zero-order valence-corrected chi connectivity index (χ0v) is 10.7. The molecule has 3 N–H and O–H groups in total. The van der Waals surface area contributed by atoms with Gasteiger partial charge in [-0.05, 0) is 23.6 Å². The second-order valence-electron chi connectivity index (χ2n) is 4.35. The molecule has 0 bridgehead atoms.